The summed E-state index contributed by atoms with van der Waals surface area (Å²) in [6.45, 7) is 1.81. The van der Waals surface area contributed by atoms with E-state index in [1.807, 2.05) is 0 Å². The fraction of sp³-hybridized carbons (Fsp3) is 0.600. The monoisotopic (exact) mass is 242 g/mol. The molecule has 94 valence electrons. The van der Waals surface area contributed by atoms with Gasteiger partial charge in [-0.2, -0.15) is 4.98 Å². The van der Waals surface area contributed by atoms with Crippen LogP contribution in [0.5, 0.6) is 0 Å². The number of rotatable bonds is 2. The van der Waals surface area contributed by atoms with E-state index in [2.05, 4.69) is 4.98 Å². The first-order valence-electron chi connectivity index (χ1n) is 5.37. The Hall–Kier alpha value is -1.47. The first-order chi connectivity index (χ1) is 8.02. The van der Waals surface area contributed by atoms with Gasteiger partial charge < -0.3 is 16.2 Å². The van der Waals surface area contributed by atoms with Crippen LogP contribution >= 0.6 is 0 Å². The van der Waals surface area contributed by atoms with Crippen molar-refractivity contribution >= 4 is 5.82 Å². The molecule has 7 heteroatoms. The molecule has 17 heavy (non-hydrogen) atoms. The van der Waals surface area contributed by atoms with E-state index >= 15 is 0 Å². The number of halogens is 1. The molecule has 1 fully saturated rings. The summed E-state index contributed by atoms with van der Waals surface area (Å²) in [7, 11) is 0. The molecule has 3 unspecified atom stereocenters. The molecule has 1 saturated heterocycles. The maximum atomic E-state index is 13.5. The molecule has 1 aromatic rings. The zero-order valence-electron chi connectivity index (χ0n) is 9.47. The summed E-state index contributed by atoms with van der Waals surface area (Å²) in [5.41, 5.74) is 11.0. The molecule has 1 aliphatic heterocycles. The molecule has 0 radical (unpaired) electrons. The van der Waals surface area contributed by atoms with Crippen LogP contribution in [0.4, 0.5) is 10.2 Å². The summed E-state index contributed by atoms with van der Waals surface area (Å²) in [6, 6.07) is 0. The number of alkyl halides is 1. The number of aryl methyl sites for hydroxylation is 1. The van der Waals surface area contributed by atoms with E-state index in [4.69, 9.17) is 16.2 Å². The number of nitrogens with two attached hydrogens (primary N) is 2. The third-order valence-electron chi connectivity index (χ3n) is 2.88. The topological polar surface area (TPSA) is 96.2 Å². The number of hydrogen-bond donors (Lipinski definition) is 2. The molecule has 2 rings (SSSR count). The number of nitrogens with zero attached hydrogens (tertiary/aromatic N) is 2. The van der Waals surface area contributed by atoms with E-state index in [1.54, 1.807) is 6.92 Å². The number of ether oxygens (including phenoxy) is 1. The lowest BCUT2D eigenvalue weighted by Crippen LogP contribution is -2.29. The molecule has 4 N–H and O–H groups in total. The Morgan fingerprint density at radius 2 is 2.41 bits per heavy atom. The van der Waals surface area contributed by atoms with Gasteiger partial charge in [0.15, 0.2) is 0 Å². The Morgan fingerprint density at radius 1 is 1.71 bits per heavy atom. The van der Waals surface area contributed by atoms with Crippen molar-refractivity contribution in [2.75, 3.05) is 12.3 Å². The van der Waals surface area contributed by atoms with Crippen LogP contribution in [-0.2, 0) is 4.74 Å². The van der Waals surface area contributed by atoms with Crippen LogP contribution in [0.3, 0.4) is 0 Å². The molecule has 0 aliphatic carbocycles. The summed E-state index contributed by atoms with van der Waals surface area (Å²) in [5.74, 6) is 0.177. The lowest BCUT2D eigenvalue weighted by molar-refractivity contribution is -0.00536. The third-order valence-corrected chi connectivity index (χ3v) is 2.88. The van der Waals surface area contributed by atoms with Gasteiger partial charge in [-0.15, -0.1) is 0 Å². The summed E-state index contributed by atoms with van der Waals surface area (Å²) in [5, 5.41) is 0. The van der Waals surface area contributed by atoms with Crippen LogP contribution in [-0.4, -0.2) is 28.4 Å². The van der Waals surface area contributed by atoms with Crippen LogP contribution in [0.2, 0.25) is 0 Å². The molecule has 2 heterocycles. The SMILES string of the molecule is Cc1cn(C2CC(F)C(CN)O2)c(=O)nc1N. The van der Waals surface area contributed by atoms with Crippen molar-refractivity contribution in [1.82, 2.24) is 9.55 Å². The molecule has 0 saturated carbocycles. The van der Waals surface area contributed by atoms with E-state index in [0.717, 1.165) is 0 Å². The smallest absolute Gasteiger partial charge is 0.351 e. The van der Waals surface area contributed by atoms with Crippen LogP contribution in [0.15, 0.2) is 11.0 Å². The maximum absolute atomic E-state index is 13.5. The second-order valence-corrected chi connectivity index (χ2v) is 4.12. The number of anilines is 1. The highest BCUT2D eigenvalue weighted by Gasteiger charge is 2.36. The standard InChI is InChI=1S/C10H15FN4O2/c1-5-4-15(10(16)14-9(5)13)8-2-6(11)7(3-12)17-8/h4,6-8H,2-3,12H2,1H3,(H2,13,14,16). The minimum absolute atomic E-state index is 0.0911. The van der Waals surface area contributed by atoms with Gasteiger partial charge in [0, 0.05) is 24.7 Å². The van der Waals surface area contributed by atoms with Gasteiger partial charge in [0.1, 0.15) is 24.3 Å². The molecule has 0 amide bonds. The molecule has 0 aromatic carbocycles. The van der Waals surface area contributed by atoms with Gasteiger partial charge in [0.2, 0.25) is 0 Å². The van der Waals surface area contributed by atoms with Crippen molar-refractivity contribution in [3.63, 3.8) is 0 Å². The lowest BCUT2D eigenvalue weighted by atomic mass is 10.2. The summed E-state index contributed by atoms with van der Waals surface area (Å²) >= 11 is 0. The zero-order chi connectivity index (χ0) is 12.6. The Balaban J connectivity index is 2.30. The molecular formula is C10H15FN4O2. The van der Waals surface area contributed by atoms with E-state index < -0.39 is 24.2 Å². The Morgan fingerprint density at radius 3 is 3.00 bits per heavy atom. The van der Waals surface area contributed by atoms with Gasteiger partial charge in [-0.1, -0.05) is 0 Å². The highest BCUT2D eigenvalue weighted by molar-refractivity contribution is 5.35. The highest BCUT2D eigenvalue weighted by Crippen LogP contribution is 2.29. The normalized spacial score (nSPS) is 28.5. The van der Waals surface area contributed by atoms with Crippen molar-refractivity contribution in [1.29, 1.82) is 0 Å². The van der Waals surface area contributed by atoms with Gasteiger partial charge in [0.25, 0.3) is 0 Å². The number of nitrogen functional groups attached to an aromatic ring is 1. The minimum Gasteiger partial charge on any atom is -0.383 e. The van der Waals surface area contributed by atoms with Gasteiger partial charge in [-0.3, -0.25) is 4.57 Å². The first-order valence-corrected chi connectivity index (χ1v) is 5.37. The van der Waals surface area contributed by atoms with Crippen LogP contribution in [0.25, 0.3) is 0 Å². The van der Waals surface area contributed by atoms with Crippen molar-refractivity contribution < 1.29 is 9.13 Å². The molecule has 0 bridgehead atoms. The average Bonchev–Trinajstić information content (AvgIpc) is 2.65. The Bertz CT molecular complexity index is 476. The molecule has 1 aliphatic rings. The molecular weight excluding hydrogens is 227 g/mol. The summed E-state index contributed by atoms with van der Waals surface area (Å²) < 4.78 is 20.1. The lowest BCUT2D eigenvalue weighted by Gasteiger charge is -2.15. The second-order valence-electron chi connectivity index (χ2n) is 4.12. The first kappa shape index (κ1) is 12.0. The molecule has 6 nitrogen and oxygen atoms in total. The zero-order valence-corrected chi connectivity index (χ0v) is 9.47. The van der Waals surface area contributed by atoms with E-state index in [1.165, 1.54) is 10.8 Å². The summed E-state index contributed by atoms with van der Waals surface area (Å²) in [4.78, 5) is 15.3. The Kier molecular flexibility index (Phi) is 3.12. The van der Waals surface area contributed by atoms with Crippen LogP contribution < -0.4 is 17.2 Å². The average molecular weight is 242 g/mol. The number of aromatic nitrogens is 2. The minimum atomic E-state index is -1.16. The van der Waals surface area contributed by atoms with Crippen molar-refractivity contribution in [2.24, 2.45) is 5.73 Å². The summed E-state index contributed by atoms with van der Waals surface area (Å²) in [6.07, 6.45) is -0.842. The Labute approximate surface area is 97.4 Å². The predicted octanol–water partition coefficient (Wildman–Crippen LogP) is -0.282. The second kappa shape index (κ2) is 4.42. The van der Waals surface area contributed by atoms with Crippen molar-refractivity contribution in [3.05, 3.63) is 22.2 Å². The van der Waals surface area contributed by atoms with Crippen LogP contribution in [0.1, 0.15) is 18.2 Å². The molecule has 0 spiro atoms. The predicted molar refractivity (Wildman–Crippen MR) is 60.1 cm³/mol. The van der Waals surface area contributed by atoms with E-state index in [0.29, 0.717) is 5.56 Å². The molecule has 3 atom stereocenters. The highest BCUT2D eigenvalue weighted by atomic mass is 19.1. The van der Waals surface area contributed by atoms with Gasteiger partial charge >= 0.3 is 5.69 Å². The van der Waals surface area contributed by atoms with Crippen molar-refractivity contribution in [3.8, 4) is 0 Å². The number of hydrogen-bond acceptors (Lipinski definition) is 5. The fourth-order valence-electron chi connectivity index (χ4n) is 1.85. The van der Waals surface area contributed by atoms with E-state index in [9.17, 15) is 9.18 Å². The maximum Gasteiger partial charge on any atom is 0.351 e. The quantitative estimate of drug-likeness (QED) is 0.743. The van der Waals surface area contributed by atoms with Gasteiger partial charge in [-0.05, 0) is 6.92 Å². The third kappa shape index (κ3) is 2.16. The van der Waals surface area contributed by atoms with E-state index in [-0.39, 0.29) is 18.8 Å². The van der Waals surface area contributed by atoms with Gasteiger partial charge in [0.05, 0.1) is 0 Å². The van der Waals surface area contributed by atoms with Crippen LogP contribution in [0, 0.1) is 6.92 Å². The largest absolute Gasteiger partial charge is 0.383 e. The van der Waals surface area contributed by atoms with Crippen molar-refractivity contribution in [2.45, 2.75) is 31.8 Å². The fourth-order valence-corrected chi connectivity index (χ4v) is 1.85. The molecule has 1 aromatic heterocycles. The van der Waals surface area contributed by atoms with Gasteiger partial charge in [-0.25, -0.2) is 9.18 Å².